The first-order valence-corrected chi connectivity index (χ1v) is 9.55. The van der Waals surface area contributed by atoms with Crippen molar-refractivity contribution in [3.8, 4) is 0 Å². The van der Waals surface area contributed by atoms with Crippen LogP contribution in [0.5, 0.6) is 0 Å². The van der Waals surface area contributed by atoms with Crippen molar-refractivity contribution in [1.82, 2.24) is 10.6 Å². The number of amides is 2. The molecule has 0 atom stereocenters. The Morgan fingerprint density at radius 3 is 1.02 bits per heavy atom. The lowest BCUT2D eigenvalue weighted by atomic mass is 10.0. The predicted octanol–water partition coefficient (Wildman–Crippen LogP) is 5.86. The highest BCUT2D eigenvalue weighted by atomic mass is 19.4. The average Bonchev–Trinajstić information content (AvgIpc) is 2.79. The van der Waals surface area contributed by atoms with Crippen molar-refractivity contribution < 1.29 is 88.6 Å². The summed E-state index contributed by atoms with van der Waals surface area (Å²) in [5.41, 5.74) is -1.13. The van der Waals surface area contributed by atoms with Crippen molar-refractivity contribution in [3.63, 3.8) is 0 Å². The lowest BCUT2D eigenvalue weighted by molar-refractivity contribution is -0.388. The standard InChI is InChI=1S/C18H10F18N2O2/c19-11(20,13(23,24)15(27,28)17(31,32)33)9(39)37-5-7-2-1-3-8(4-7)6-38-10(40)12(21,22)14(25,26)16(29,30)18(34,35)36/h1-4H,5-6H2,(H,37,39)(H,38,40). The highest BCUT2D eigenvalue weighted by Gasteiger charge is 2.84. The summed E-state index contributed by atoms with van der Waals surface area (Å²) in [5.74, 6) is -49.4. The van der Waals surface area contributed by atoms with E-state index in [1.807, 2.05) is 0 Å². The van der Waals surface area contributed by atoms with Crippen LogP contribution in [-0.2, 0) is 22.7 Å². The van der Waals surface area contributed by atoms with Gasteiger partial charge in [0.15, 0.2) is 0 Å². The molecule has 2 amide bonds. The normalized spacial score (nSPS) is 14.7. The summed E-state index contributed by atoms with van der Waals surface area (Å²) in [4.78, 5) is 22.6. The van der Waals surface area contributed by atoms with Crippen LogP contribution in [0.1, 0.15) is 11.1 Å². The molecule has 0 saturated heterocycles. The number of carbonyl (C=O) groups excluding carboxylic acids is 2. The van der Waals surface area contributed by atoms with Gasteiger partial charge < -0.3 is 10.6 Å². The van der Waals surface area contributed by atoms with Crippen LogP contribution < -0.4 is 10.6 Å². The van der Waals surface area contributed by atoms with E-state index in [9.17, 15) is 88.6 Å². The molecule has 0 bridgehead atoms. The number of hydrogen-bond donors (Lipinski definition) is 2. The van der Waals surface area contributed by atoms with Crippen LogP contribution in [-0.4, -0.2) is 59.7 Å². The third-order valence-corrected chi connectivity index (χ3v) is 4.76. The van der Waals surface area contributed by atoms with Crippen LogP contribution in [0.3, 0.4) is 0 Å². The summed E-state index contributed by atoms with van der Waals surface area (Å²) < 4.78 is 231. The Morgan fingerprint density at radius 2 is 0.775 bits per heavy atom. The fourth-order valence-corrected chi connectivity index (χ4v) is 2.47. The Morgan fingerprint density at radius 1 is 0.500 bits per heavy atom. The minimum Gasteiger partial charge on any atom is -0.347 e. The van der Waals surface area contributed by atoms with Crippen LogP contribution in [0.15, 0.2) is 24.3 Å². The summed E-state index contributed by atoms with van der Waals surface area (Å²) in [5, 5.41) is 1.74. The van der Waals surface area contributed by atoms with Gasteiger partial charge in [-0.2, -0.15) is 79.0 Å². The Bertz CT molecular complexity index is 1010. The molecule has 0 radical (unpaired) electrons. The van der Waals surface area contributed by atoms with E-state index >= 15 is 0 Å². The van der Waals surface area contributed by atoms with Crippen molar-refractivity contribution in [3.05, 3.63) is 35.4 Å². The molecule has 40 heavy (non-hydrogen) atoms. The fraction of sp³-hybridized carbons (Fsp3) is 0.556. The maximum Gasteiger partial charge on any atom is 0.460 e. The number of hydrogen-bond acceptors (Lipinski definition) is 2. The topological polar surface area (TPSA) is 58.2 Å². The van der Waals surface area contributed by atoms with Gasteiger partial charge in [0.05, 0.1) is 0 Å². The van der Waals surface area contributed by atoms with Crippen molar-refractivity contribution in [1.29, 1.82) is 0 Å². The molecule has 1 rings (SSSR count). The van der Waals surface area contributed by atoms with E-state index in [-0.39, 0.29) is 0 Å². The Balaban J connectivity index is 3.01. The maximum absolute atomic E-state index is 13.5. The predicted molar refractivity (Wildman–Crippen MR) is 91.9 cm³/mol. The zero-order chi connectivity index (χ0) is 32.0. The van der Waals surface area contributed by atoms with E-state index in [2.05, 4.69) is 0 Å². The quantitative estimate of drug-likeness (QED) is 0.320. The van der Waals surface area contributed by atoms with Gasteiger partial charge in [-0.25, -0.2) is 0 Å². The van der Waals surface area contributed by atoms with Gasteiger partial charge in [-0.1, -0.05) is 24.3 Å². The molecule has 1 aromatic carbocycles. The minimum absolute atomic E-state index is 0.557. The third-order valence-electron chi connectivity index (χ3n) is 4.76. The molecular formula is C18H10F18N2O2. The number of carbonyl (C=O) groups is 2. The SMILES string of the molecule is O=C(NCc1cccc(CNC(=O)C(F)(F)C(F)(F)C(F)(F)C(F)(F)F)c1)C(F)(F)C(F)(F)C(F)(F)C(F)(F)F. The van der Waals surface area contributed by atoms with Gasteiger partial charge in [-0.05, 0) is 11.1 Å². The molecule has 1 aromatic rings. The van der Waals surface area contributed by atoms with Gasteiger partial charge in [0, 0.05) is 13.1 Å². The van der Waals surface area contributed by atoms with Crippen molar-refractivity contribution >= 4 is 11.8 Å². The van der Waals surface area contributed by atoms with Gasteiger partial charge in [-0.3, -0.25) is 9.59 Å². The maximum atomic E-state index is 13.5. The molecular weight excluding hydrogens is 618 g/mol. The molecule has 22 heteroatoms. The van der Waals surface area contributed by atoms with E-state index in [0.717, 1.165) is 28.8 Å². The lowest BCUT2D eigenvalue weighted by Gasteiger charge is -2.32. The third kappa shape index (κ3) is 5.84. The fourth-order valence-electron chi connectivity index (χ4n) is 2.47. The van der Waals surface area contributed by atoms with E-state index in [4.69, 9.17) is 0 Å². The van der Waals surface area contributed by atoms with E-state index in [1.165, 1.54) is 0 Å². The van der Waals surface area contributed by atoms with Crippen molar-refractivity contribution in [2.45, 2.75) is 61.0 Å². The zero-order valence-electron chi connectivity index (χ0n) is 18.3. The summed E-state index contributed by atoms with van der Waals surface area (Å²) in [6.07, 6.45) is -14.4. The second-order valence-electron chi connectivity index (χ2n) is 7.63. The highest BCUT2D eigenvalue weighted by molar-refractivity contribution is 5.85. The minimum atomic E-state index is -7.39. The first kappa shape index (κ1) is 34.9. The highest BCUT2D eigenvalue weighted by Crippen LogP contribution is 2.54. The largest absolute Gasteiger partial charge is 0.460 e. The van der Waals surface area contributed by atoms with E-state index < -0.39 is 83.9 Å². The molecule has 0 aliphatic rings. The van der Waals surface area contributed by atoms with Gasteiger partial charge in [0.25, 0.3) is 11.8 Å². The van der Waals surface area contributed by atoms with Crippen molar-refractivity contribution in [2.75, 3.05) is 0 Å². The molecule has 4 nitrogen and oxygen atoms in total. The van der Waals surface area contributed by atoms with Crippen molar-refractivity contribution in [2.24, 2.45) is 0 Å². The molecule has 2 N–H and O–H groups in total. The molecule has 0 saturated carbocycles. The Kier molecular flexibility index (Phi) is 9.06. The summed E-state index contributed by atoms with van der Waals surface area (Å²) in [7, 11) is 0. The zero-order valence-corrected chi connectivity index (χ0v) is 18.3. The monoisotopic (exact) mass is 628 g/mol. The van der Waals surface area contributed by atoms with Gasteiger partial charge in [0.2, 0.25) is 0 Å². The second kappa shape index (κ2) is 10.4. The molecule has 0 fully saturated rings. The molecule has 0 unspecified atom stereocenters. The van der Waals surface area contributed by atoms with Crippen LogP contribution >= 0.6 is 0 Å². The lowest BCUT2D eigenvalue weighted by Crippen LogP contribution is -2.65. The average molecular weight is 628 g/mol. The molecule has 0 heterocycles. The number of rotatable bonds is 10. The van der Waals surface area contributed by atoms with Gasteiger partial charge in [0.1, 0.15) is 0 Å². The molecule has 0 aliphatic carbocycles. The number of alkyl halides is 18. The Labute approximate surface area is 208 Å². The number of benzene rings is 1. The van der Waals surface area contributed by atoms with Crippen LogP contribution in [0.25, 0.3) is 0 Å². The molecule has 230 valence electrons. The van der Waals surface area contributed by atoms with E-state index in [0.29, 0.717) is 6.07 Å². The van der Waals surface area contributed by atoms with Gasteiger partial charge >= 0.3 is 47.9 Å². The Hall–Kier alpha value is -3.10. The molecule has 0 aromatic heterocycles. The number of halogens is 18. The number of nitrogens with one attached hydrogen (secondary N) is 2. The smallest absolute Gasteiger partial charge is 0.347 e. The van der Waals surface area contributed by atoms with Gasteiger partial charge in [-0.15, -0.1) is 0 Å². The first-order chi connectivity index (χ1) is 17.5. The molecule has 0 spiro atoms. The first-order valence-electron chi connectivity index (χ1n) is 9.55. The van der Waals surface area contributed by atoms with E-state index in [1.54, 1.807) is 0 Å². The van der Waals surface area contributed by atoms with Crippen LogP contribution in [0.2, 0.25) is 0 Å². The summed E-state index contributed by atoms with van der Waals surface area (Å²) >= 11 is 0. The summed E-state index contributed by atoms with van der Waals surface area (Å²) in [6.45, 7) is -2.76. The second-order valence-corrected chi connectivity index (χ2v) is 7.63. The summed E-state index contributed by atoms with van der Waals surface area (Å²) in [6, 6.07) is 2.90. The van der Waals surface area contributed by atoms with Crippen LogP contribution in [0.4, 0.5) is 79.0 Å². The molecule has 0 aliphatic heterocycles. The van der Waals surface area contributed by atoms with Crippen LogP contribution in [0, 0.1) is 0 Å².